The maximum atomic E-state index is 11.0. The van der Waals surface area contributed by atoms with Crippen LogP contribution in [0.4, 0.5) is 0 Å². The zero-order valence-corrected chi connectivity index (χ0v) is 9.13. The molecule has 3 rings (SSSR count). The summed E-state index contributed by atoms with van der Waals surface area (Å²) >= 11 is 0. The van der Waals surface area contributed by atoms with Crippen molar-refractivity contribution in [1.82, 2.24) is 10.6 Å². The quantitative estimate of drug-likeness (QED) is 0.655. The van der Waals surface area contributed by atoms with E-state index in [1.54, 1.807) is 0 Å². The third kappa shape index (κ3) is 1.83. The van der Waals surface area contributed by atoms with Crippen molar-refractivity contribution in [3.05, 3.63) is 35.4 Å². The first-order valence-electron chi connectivity index (χ1n) is 5.59. The third-order valence-corrected chi connectivity index (χ3v) is 3.16. The van der Waals surface area contributed by atoms with Gasteiger partial charge in [-0.05, 0) is 11.1 Å². The van der Waals surface area contributed by atoms with E-state index in [0.717, 1.165) is 11.1 Å². The molecule has 0 spiro atoms. The van der Waals surface area contributed by atoms with Crippen LogP contribution in [0.25, 0.3) is 0 Å². The fourth-order valence-electron chi connectivity index (χ4n) is 2.38. The third-order valence-electron chi connectivity index (χ3n) is 3.16. The average Bonchev–Trinajstić information content (AvgIpc) is 2.85. The van der Waals surface area contributed by atoms with Gasteiger partial charge in [0.1, 0.15) is 0 Å². The number of carbonyl (C=O) groups excluding carboxylic acids is 1. The van der Waals surface area contributed by atoms with Crippen LogP contribution in [0.3, 0.4) is 0 Å². The molecule has 0 saturated carbocycles. The second kappa shape index (κ2) is 3.94. The van der Waals surface area contributed by atoms with E-state index in [4.69, 9.17) is 0 Å². The average molecular weight is 231 g/mol. The Labute approximate surface area is 98.6 Å². The molecule has 17 heavy (non-hydrogen) atoms. The van der Waals surface area contributed by atoms with Crippen LogP contribution in [0.5, 0.6) is 0 Å². The van der Waals surface area contributed by atoms with Gasteiger partial charge in [-0.15, -0.1) is 0 Å². The summed E-state index contributed by atoms with van der Waals surface area (Å²) in [5.74, 6) is -0.205. The molecule has 1 unspecified atom stereocenters. The first-order chi connectivity index (χ1) is 8.24. The van der Waals surface area contributed by atoms with Gasteiger partial charge in [-0.3, -0.25) is 10.1 Å². The first kappa shape index (κ1) is 10.4. The Morgan fingerprint density at radius 2 is 2.24 bits per heavy atom. The highest BCUT2D eigenvalue weighted by Gasteiger charge is 2.33. The van der Waals surface area contributed by atoms with Crippen LogP contribution in [0.2, 0.25) is 0 Å². The molecule has 0 fully saturated rings. The van der Waals surface area contributed by atoms with Crippen LogP contribution >= 0.6 is 0 Å². The number of hydrogen-bond acceptors (Lipinski definition) is 4. The molecule has 0 bridgehead atoms. The van der Waals surface area contributed by atoms with Crippen LogP contribution in [0, 0.1) is 0 Å². The number of aliphatic hydroxyl groups excluding tert-OH is 1. The van der Waals surface area contributed by atoms with Gasteiger partial charge in [0.05, 0.1) is 18.4 Å². The summed E-state index contributed by atoms with van der Waals surface area (Å²) < 4.78 is 0. The molecule has 0 saturated heterocycles. The van der Waals surface area contributed by atoms with E-state index < -0.39 is 12.4 Å². The predicted octanol–water partition coefficient (Wildman–Crippen LogP) is -0.282. The van der Waals surface area contributed by atoms with Gasteiger partial charge in [0, 0.05) is 6.42 Å². The van der Waals surface area contributed by atoms with Crippen molar-refractivity contribution in [2.24, 2.45) is 4.99 Å². The van der Waals surface area contributed by atoms with Crippen LogP contribution in [0.1, 0.15) is 17.2 Å². The molecule has 5 nitrogen and oxygen atoms in total. The Balaban J connectivity index is 1.79. The number of hydrogen-bond donors (Lipinski definition) is 3. The molecule has 3 atom stereocenters. The van der Waals surface area contributed by atoms with Gasteiger partial charge in [-0.1, -0.05) is 24.3 Å². The van der Waals surface area contributed by atoms with Crippen LogP contribution in [0.15, 0.2) is 29.3 Å². The number of aliphatic hydroxyl groups is 1. The SMILES string of the molecule is O=C1C=NC(N[C@H]2c3ccccc3C[C@@H]2O)N1. The van der Waals surface area contributed by atoms with E-state index in [9.17, 15) is 9.90 Å². The Morgan fingerprint density at radius 1 is 1.41 bits per heavy atom. The van der Waals surface area contributed by atoms with Gasteiger partial charge in [-0.25, -0.2) is 4.99 Å². The van der Waals surface area contributed by atoms with E-state index in [2.05, 4.69) is 15.6 Å². The minimum absolute atomic E-state index is 0.174. The molecule has 5 heteroatoms. The smallest absolute Gasteiger partial charge is 0.264 e. The molecule has 1 aliphatic heterocycles. The minimum Gasteiger partial charge on any atom is -0.391 e. The van der Waals surface area contributed by atoms with Gasteiger partial charge in [0.2, 0.25) is 0 Å². The zero-order valence-electron chi connectivity index (χ0n) is 9.13. The van der Waals surface area contributed by atoms with E-state index in [-0.39, 0.29) is 11.9 Å². The first-order valence-corrected chi connectivity index (χ1v) is 5.59. The summed E-state index contributed by atoms with van der Waals surface area (Å²) in [4.78, 5) is 15.0. The molecule has 3 N–H and O–H groups in total. The summed E-state index contributed by atoms with van der Waals surface area (Å²) in [7, 11) is 0. The maximum absolute atomic E-state index is 11.0. The fraction of sp³-hybridized carbons (Fsp3) is 0.333. The summed E-state index contributed by atoms with van der Waals surface area (Å²) in [6.45, 7) is 0. The van der Waals surface area contributed by atoms with Crippen molar-refractivity contribution in [2.75, 3.05) is 0 Å². The molecule has 1 aromatic rings. The van der Waals surface area contributed by atoms with Crippen molar-refractivity contribution in [2.45, 2.75) is 24.9 Å². The Morgan fingerprint density at radius 3 is 3.00 bits per heavy atom. The number of carbonyl (C=O) groups is 1. The lowest BCUT2D eigenvalue weighted by atomic mass is 10.1. The molecule has 88 valence electrons. The van der Waals surface area contributed by atoms with Gasteiger partial charge >= 0.3 is 0 Å². The summed E-state index contributed by atoms with van der Waals surface area (Å²) in [6, 6.07) is 7.73. The molecule has 2 aliphatic rings. The standard InChI is InChI=1S/C12H13N3O2/c16-9-5-7-3-1-2-4-8(7)11(9)15-12-13-6-10(17)14-12/h1-4,6,9,11-12,15-16H,5H2,(H,14,17)/t9-,11-,12?/m0/s1. The lowest BCUT2D eigenvalue weighted by Gasteiger charge is -2.21. The van der Waals surface area contributed by atoms with E-state index in [1.165, 1.54) is 6.21 Å². The summed E-state index contributed by atoms with van der Waals surface area (Å²) in [5.41, 5.74) is 2.22. The molecule has 1 heterocycles. The normalized spacial score (nSPS) is 30.4. The predicted molar refractivity (Wildman–Crippen MR) is 62.5 cm³/mol. The number of rotatable bonds is 2. The lowest BCUT2D eigenvalue weighted by molar-refractivity contribution is -0.114. The molecule has 1 aliphatic carbocycles. The molecule has 0 radical (unpaired) electrons. The zero-order chi connectivity index (χ0) is 11.8. The highest BCUT2D eigenvalue weighted by molar-refractivity contribution is 6.27. The summed E-state index contributed by atoms with van der Waals surface area (Å²) in [6.07, 6.45) is 0.983. The van der Waals surface area contributed by atoms with Gasteiger partial charge in [0.15, 0.2) is 6.29 Å². The largest absolute Gasteiger partial charge is 0.391 e. The lowest BCUT2D eigenvalue weighted by Crippen LogP contribution is -2.43. The number of aliphatic imine (C=N–C) groups is 1. The van der Waals surface area contributed by atoms with Crippen molar-refractivity contribution in [3.8, 4) is 0 Å². The molecule has 1 aromatic carbocycles. The molecular weight excluding hydrogens is 218 g/mol. The number of benzene rings is 1. The van der Waals surface area contributed by atoms with Crippen molar-refractivity contribution in [1.29, 1.82) is 0 Å². The molecular formula is C12H13N3O2. The van der Waals surface area contributed by atoms with Gasteiger partial charge < -0.3 is 10.4 Å². The fourth-order valence-corrected chi connectivity index (χ4v) is 2.38. The van der Waals surface area contributed by atoms with E-state index in [0.29, 0.717) is 6.42 Å². The number of nitrogens with one attached hydrogen (secondary N) is 2. The Bertz CT molecular complexity index is 486. The highest BCUT2D eigenvalue weighted by Crippen LogP contribution is 2.31. The number of amides is 1. The molecule has 1 amide bonds. The maximum Gasteiger partial charge on any atom is 0.264 e. The van der Waals surface area contributed by atoms with Gasteiger partial charge in [0.25, 0.3) is 5.91 Å². The second-order valence-corrected chi connectivity index (χ2v) is 4.30. The highest BCUT2D eigenvalue weighted by atomic mass is 16.3. The topological polar surface area (TPSA) is 73.7 Å². The Hall–Kier alpha value is -1.72. The summed E-state index contributed by atoms with van der Waals surface area (Å²) in [5, 5.41) is 15.8. The van der Waals surface area contributed by atoms with Crippen molar-refractivity contribution < 1.29 is 9.90 Å². The van der Waals surface area contributed by atoms with Crippen molar-refractivity contribution >= 4 is 12.1 Å². The van der Waals surface area contributed by atoms with Crippen LogP contribution in [-0.2, 0) is 11.2 Å². The monoisotopic (exact) mass is 231 g/mol. The van der Waals surface area contributed by atoms with Crippen LogP contribution < -0.4 is 10.6 Å². The van der Waals surface area contributed by atoms with E-state index >= 15 is 0 Å². The van der Waals surface area contributed by atoms with Gasteiger partial charge in [-0.2, -0.15) is 0 Å². The van der Waals surface area contributed by atoms with Crippen molar-refractivity contribution in [3.63, 3.8) is 0 Å². The van der Waals surface area contributed by atoms with Crippen LogP contribution in [-0.4, -0.2) is 29.6 Å². The van der Waals surface area contributed by atoms with E-state index in [1.807, 2.05) is 24.3 Å². The number of fused-ring (bicyclic) bond motifs is 1. The molecule has 0 aromatic heterocycles. The Kier molecular flexibility index (Phi) is 2.42. The second-order valence-electron chi connectivity index (χ2n) is 4.30. The number of nitrogens with zero attached hydrogens (tertiary/aromatic N) is 1. The minimum atomic E-state index is -0.472.